The number of ether oxygens (including phenoxy) is 2. The van der Waals surface area contributed by atoms with E-state index in [1.807, 2.05) is 5.38 Å². The lowest BCUT2D eigenvalue weighted by molar-refractivity contribution is 0.0778. The number of aromatic nitrogens is 3. The highest BCUT2D eigenvalue weighted by Gasteiger charge is 2.25. The van der Waals surface area contributed by atoms with Crippen LogP contribution in [0, 0.1) is 5.92 Å². The Balaban J connectivity index is 1.27. The molecule has 2 aromatic rings. The van der Waals surface area contributed by atoms with Crippen molar-refractivity contribution in [1.29, 1.82) is 0 Å². The normalized spacial score (nSPS) is 23.0. The Kier molecular flexibility index (Phi) is 5.58. The Morgan fingerprint density at radius 1 is 1.28 bits per heavy atom. The van der Waals surface area contributed by atoms with E-state index in [4.69, 9.17) is 14.0 Å². The summed E-state index contributed by atoms with van der Waals surface area (Å²) in [6.07, 6.45) is 6.10. The van der Waals surface area contributed by atoms with E-state index < -0.39 is 0 Å². The molecular weight excluding hydrogens is 340 g/mol. The quantitative estimate of drug-likeness (QED) is 0.780. The molecule has 7 nitrogen and oxygen atoms in total. The van der Waals surface area contributed by atoms with Gasteiger partial charge in [-0.3, -0.25) is 4.90 Å². The molecule has 25 heavy (non-hydrogen) atoms. The molecule has 2 aliphatic heterocycles. The van der Waals surface area contributed by atoms with Crippen LogP contribution < -0.4 is 4.74 Å². The second-order valence-electron chi connectivity index (χ2n) is 6.79. The van der Waals surface area contributed by atoms with Crippen molar-refractivity contribution in [1.82, 2.24) is 20.0 Å². The highest BCUT2D eigenvalue weighted by atomic mass is 32.1. The van der Waals surface area contributed by atoms with Gasteiger partial charge in [0.2, 0.25) is 5.89 Å². The van der Waals surface area contributed by atoms with Crippen molar-refractivity contribution in [2.75, 3.05) is 32.9 Å². The van der Waals surface area contributed by atoms with Gasteiger partial charge in [-0.15, -0.1) is 0 Å². The Bertz CT molecular complexity index is 642. The molecular formula is C17H24N4O3S. The Morgan fingerprint density at radius 3 is 3.04 bits per heavy atom. The highest BCUT2D eigenvalue weighted by molar-refractivity contribution is 7.11. The highest BCUT2D eigenvalue weighted by Crippen LogP contribution is 2.26. The zero-order valence-corrected chi connectivity index (χ0v) is 15.1. The molecule has 1 atom stereocenters. The van der Waals surface area contributed by atoms with E-state index >= 15 is 0 Å². The van der Waals surface area contributed by atoms with Crippen LogP contribution in [0.3, 0.4) is 0 Å². The summed E-state index contributed by atoms with van der Waals surface area (Å²) in [5.41, 5.74) is 0. The van der Waals surface area contributed by atoms with Gasteiger partial charge < -0.3 is 14.0 Å². The monoisotopic (exact) mass is 364 g/mol. The molecule has 4 heterocycles. The fourth-order valence-electron chi connectivity index (χ4n) is 3.54. The first kappa shape index (κ1) is 16.9. The van der Waals surface area contributed by atoms with Crippen molar-refractivity contribution in [3.05, 3.63) is 23.3 Å². The minimum atomic E-state index is 0.357. The van der Waals surface area contributed by atoms with E-state index in [1.54, 1.807) is 17.5 Å². The van der Waals surface area contributed by atoms with Gasteiger partial charge in [0.1, 0.15) is 0 Å². The third-order valence-electron chi connectivity index (χ3n) is 4.87. The molecule has 0 aromatic carbocycles. The van der Waals surface area contributed by atoms with Crippen LogP contribution in [0.5, 0.6) is 5.19 Å². The summed E-state index contributed by atoms with van der Waals surface area (Å²) in [5, 5.41) is 6.89. The molecule has 0 N–H and O–H groups in total. The van der Waals surface area contributed by atoms with Crippen molar-refractivity contribution >= 4 is 11.3 Å². The maximum Gasteiger partial charge on any atom is 0.273 e. The van der Waals surface area contributed by atoms with Crippen LogP contribution in [0.1, 0.15) is 43.3 Å². The lowest BCUT2D eigenvalue weighted by Crippen LogP contribution is -2.37. The van der Waals surface area contributed by atoms with Crippen molar-refractivity contribution in [2.45, 2.75) is 38.1 Å². The Morgan fingerprint density at radius 2 is 2.20 bits per heavy atom. The van der Waals surface area contributed by atoms with Crippen LogP contribution >= 0.6 is 11.3 Å². The molecule has 2 saturated heterocycles. The molecule has 0 bridgehead atoms. The molecule has 4 rings (SSSR count). The van der Waals surface area contributed by atoms with Crippen LogP contribution in [0.25, 0.3) is 0 Å². The average Bonchev–Trinajstić information content (AvgIpc) is 3.33. The number of rotatable bonds is 6. The van der Waals surface area contributed by atoms with Crippen LogP contribution in [-0.4, -0.2) is 52.9 Å². The number of piperidine rings is 1. The molecule has 0 amide bonds. The van der Waals surface area contributed by atoms with Crippen molar-refractivity contribution < 1.29 is 14.0 Å². The first-order chi connectivity index (χ1) is 12.4. The van der Waals surface area contributed by atoms with Crippen molar-refractivity contribution in [2.24, 2.45) is 5.92 Å². The standard InChI is InChI=1S/C17H24N4O3S/c1-2-13(12-23-17-18-5-9-25-17)10-21(6-1)11-15-19-16(24-20-15)14-3-7-22-8-4-14/h5,9,13-14H,1-4,6-8,10-12H2. The molecule has 136 valence electrons. The van der Waals surface area contributed by atoms with Crippen molar-refractivity contribution in [3.8, 4) is 5.19 Å². The minimum absolute atomic E-state index is 0.357. The van der Waals surface area contributed by atoms with Gasteiger partial charge in [0, 0.05) is 43.2 Å². The zero-order chi connectivity index (χ0) is 16.9. The molecule has 2 aliphatic rings. The first-order valence-corrected chi connectivity index (χ1v) is 9.89. The van der Waals surface area contributed by atoms with Gasteiger partial charge in [-0.2, -0.15) is 4.98 Å². The molecule has 0 aliphatic carbocycles. The van der Waals surface area contributed by atoms with Crippen LogP contribution in [0.15, 0.2) is 16.1 Å². The summed E-state index contributed by atoms with van der Waals surface area (Å²) in [5.74, 6) is 2.46. The number of thiazole rings is 1. The van der Waals surface area contributed by atoms with Gasteiger partial charge in [0.25, 0.3) is 5.19 Å². The predicted octanol–water partition coefficient (Wildman–Crippen LogP) is 2.71. The lowest BCUT2D eigenvalue weighted by atomic mass is 9.99. The van der Waals surface area contributed by atoms with Crippen molar-refractivity contribution in [3.63, 3.8) is 0 Å². The van der Waals surface area contributed by atoms with Crippen LogP contribution in [-0.2, 0) is 11.3 Å². The smallest absolute Gasteiger partial charge is 0.273 e. The third kappa shape index (κ3) is 4.56. The molecule has 0 saturated carbocycles. The van der Waals surface area contributed by atoms with E-state index in [9.17, 15) is 0 Å². The Labute approximate surface area is 151 Å². The topological polar surface area (TPSA) is 73.5 Å². The second kappa shape index (κ2) is 8.25. The molecule has 2 fully saturated rings. The molecule has 8 heteroatoms. The van der Waals surface area contributed by atoms with Gasteiger partial charge in [-0.05, 0) is 32.2 Å². The predicted molar refractivity (Wildman–Crippen MR) is 92.7 cm³/mol. The first-order valence-electron chi connectivity index (χ1n) is 9.01. The lowest BCUT2D eigenvalue weighted by Gasteiger charge is -2.31. The summed E-state index contributed by atoms with van der Waals surface area (Å²) in [7, 11) is 0. The van der Waals surface area contributed by atoms with Gasteiger partial charge in [-0.1, -0.05) is 16.5 Å². The fraction of sp³-hybridized carbons (Fsp3) is 0.706. The number of hydrogen-bond acceptors (Lipinski definition) is 8. The molecule has 2 aromatic heterocycles. The number of nitrogens with zero attached hydrogens (tertiary/aromatic N) is 4. The van der Waals surface area contributed by atoms with Gasteiger partial charge >= 0.3 is 0 Å². The molecule has 0 spiro atoms. The van der Waals surface area contributed by atoms with Gasteiger partial charge in [0.05, 0.1) is 13.2 Å². The van der Waals surface area contributed by atoms with Crippen LogP contribution in [0.4, 0.5) is 0 Å². The fourth-order valence-corrected chi connectivity index (χ4v) is 4.04. The van der Waals surface area contributed by atoms with Gasteiger partial charge in [-0.25, -0.2) is 4.98 Å². The minimum Gasteiger partial charge on any atom is -0.470 e. The van der Waals surface area contributed by atoms with E-state index in [0.29, 0.717) is 11.8 Å². The maximum atomic E-state index is 5.79. The largest absolute Gasteiger partial charge is 0.470 e. The summed E-state index contributed by atoms with van der Waals surface area (Å²) < 4.78 is 16.7. The number of likely N-dealkylation sites (tertiary alicyclic amines) is 1. The summed E-state index contributed by atoms with van der Waals surface area (Å²) >= 11 is 1.54. The summed E-state index contributed by atoms with van der Waals surface area (Å²) in [4.78, 5) is 11.2. The number of hydrogen-bond donors (Lipinski definition) is 0. The van der Waals surface area contributed by atoms with Gasteiger partial charge in [0.15, 0.2) is 5.82 Å². The van der Waals surface area contributed by atoms with E-state index in [2.05, 4.69) is 20.0 Å². The second-order valence-corrected chi connectivity index (χ2v) is 7.64. The summed E-state index contributed by atoms with van der Waals surface area (Å²) in [6, 6.07) is 0. The molecule has 0 radical (unpaired) electrons. The Hall–Kier alpha value is -1.51. The van der Waals surface area contributed by atoms with Crippen LogP contribution in [0.2, 0.25) is 0 Å². The average molecular weight is 364 g/mol. The SMILES string of the molecule is c1csc(OCC2CCCN(Cc3noc(C4CCOCC4)n3)C2)n1. The summed E-state index contributed by atoms with van der Waals surface area (Å²) in [6.45, 7) is 5.13. The van der Waals surface area contributed by atoms with E-state index in [0.717, 1.165) is 69.2 Å². The van der Waals surface area contributed by atoms with E-state index in [1.165, 1.54) is 12.8 Å². The maximum absolute atomic E-state index is 5.79. The zero-order valence-electron chi connectivity index (χ0n) is 14.3. The molecule has 1 unspecified atom stereocenters. The van der Waals surface area contributed by atoms with E-state index in [-0.39, 0.29) is 0 Å². The third-order valence-corrected chi connectivity index (χ3v) is 5.56.